The molecule has 2 aromatic rings. The summed E-state index contributed by atoms with van der Waals surface area (Å²) in [6.07, 6.45) is 1.01. The quantitative estimate of drug-likeness (QED) is 0.808. The number of carbonyl (C=O) groups excluding carboxylic acids is 1. The molecule has 0 N–H and O–H groups in total. The van der Waals surface area contributed by atoms with Gasteiger partial charge in [0.2, 0.25) is 0 Å². The van der Waals surface area contributed by atoms with Crippen molar-refractivity contribution in [2.45, 2.75) is 26.8 Å². The first kappa shape index (κ1) is 18.9. The third-order valence-electron chi connectivity index (χ3n) is 4.96. The number of benzene rings is 1. The van der Waals surface area contributed by atoms with Crippen LogP contribution in [0.4, 0.5) is 5.69 Å². The molecule has 6 heteroatoms. The number of aromatic nitrogens is 1. The van der Waals surface area contributed by atoms with Gasteiger partial charge in [-0.2, -0.15) is 0 Å². The molecule has 0 atom stereocenters. The number of nitrogens with zero attached hydrogens (tertiary/aromatic N) is 4. The number of hydrogen-bond acceptors (Lipinski definition) is 5. The van der Waals surface area contributed by atoms with Gasteiger partial charge in [0.25, 0.3) is 5.91 Å². The largest absolute Gasteiger partial charge is 0.375 e. The lowest BCUT2D eigenvalue weighted by molar-refractivity contribution is 0.0761. The Bertz CT molecular complexity index is 728. The number of anilines is 1. The Kier molecular flexibility index (Phi) is 6.27. The molecule has 0 spiro atoms. The molecule has 3 rings (SSSR count). The molecule has 2 heterocycles. The predicted molar refractivity (Wildman–Crippen MR) is 108 cm³/mol. The highest BCUT2D eigenvalue weighted by Crippen LogP contribution is 2.17. The van der Waals surface area contributed by atoms with Crippen LogP contribution in [0.25, 0.3) is 0 Å². The standard InChI is InChI=1S/C20H28N4OS/c1-4-22(3)19-8-6-17(7-9-19)20(25)24-11-5-10-23(12-13-24)14-18-15-26-16(2)21-18/h6-9,15H,4-5,10-14H2,1-3H3. The van der Waals surface area contributed by atoms with Crippen molar-refractivity contribution in [1.29, 1.82) is 0 Å². The zero-order valence-electron chi connectivity index (χ0n) is 15.9. The SMILES string of the molecule is CCN(C)c1ccc(C(=O)N2CCCN(Cc3csc(C)n3)CC2)cc1. The Balaban J connectivity index is 1.58. The van der Waals surface area contributed by atoms with Gasteiger partial charge in [0.05, 0.1) is 10.7 Å². The highest BCUT2D eigenvalue weighted by Gasteiger charge is 2.21. The van der Waals surface area contributed by atoms with Crippen molar-refractivity contribution in [2.24, 2.45) is 0 Å². The van der Waals surface area contributed by atoms with Crippen LogP contribution in [0, 0.1) is 6.92 Å². The molecule has 1 amide bonds. The van der Waals surface area contributed by atoms with Crippen molar-refractivity contribution < 1.29 is 4.79 Å². The van der Waals surface area contributed by atoms with E-state index in [9.17, 15) is 4.79 Å². The summed E-state index contributed by atoms with van der Waals surface area (Å²) in [4.78, 5) is 24.0. The van der Waals surface area contributed by atoms with Gasteiger partial charge in [0, 0.05) is 62.9 Å². The molecule has 1 aromatic heterocycles. The lowest BCUT2D eigenvalue weighted by Crippen LogP contribution is -2.35. The fourth-order valence-corrected chi connectivity index (χ4v) is 3.87. The first-order valence-corrected chi connectivity index (χ1v) is 10.2. The van der Waals surface area contributed by atoms with Gasteiger partial charge in [-0.15, -0.1) is 11.3 Å². The van der Waals surface area contributed by atoms with Gasteiger partial charge >= 0.3 is 0 Å². The van der Waals surface area contributed by atoms with E-state index in [0.717, 1.165) is 67.6 Å². The van der Waals surface area contributed by atoms with E-state index in [1.807, 2.05) is 36.1 Å². The molecule has 0 aliphatic carbocycles. The van der Waals surface area contributed by atoms with Crippen LogP contribution in [0.5, 0.6) is 0 Å². The van der Waals surface area contributed by atoms with Crippen molar-refractivity contribution in [3.8, 4) is 0 Å². The smallest absolute Gasteiger partial charge is 0.253 e. The van der Waals surface area contributed by atoms with E-state index in [-0.39, 0.29) is 5.91 Å². The highest BCUT2D eigenvalue weighted by atomic mass is 32.1. The maximum atomic E-state index is 12.9. The Labute approximate surface area is 160 Å². The van der Waals surface area contributed by atoms with Crippen LogP contribution in [0.15, 0.2) is 29.6 Å². The normalized spacial score (nSPS) is 15.7. The van der Waals surface area contributed by atoms with Gasteiger partial charge in [0.15, 0.2) is 0 Å². The molecular formula is C20H28N4OS. The maximum Gasteiger partial charge on any atom is 0.253 e. The fourth-order valence-electron chi connectivity index (χ4n) is 3.27. The summed E-state index contributed by atoms with van der Waals surface area (Å²) < 4.78 is 0. The number of aryl methyl sites for hydroxylation is 1. The molecule has 0 bridgehead atoms. The third kappa shape index (κ3) is 4.62. The molecule has 0 saturated carbocycles. The Morgan fingerprint density at radius 2 is 1.96 bits per heavy atom. The van der Waals surface area contributed by atoms with Gasteiger partial charge in [-0.3, -0.25) is 9.69 Å². The molecule has 1 aliphatic heterocycles. The van der Waals surface area contributed by atoms with Crippen LogP contribution in [0.2, 0.25) is 0 Å². The highest BCUT2D eigenvalue weighted by molar-refractivity contribution is 7.09. The molecule has 0 radical (unpaired) electrons. The van der Waals surface area contributed by atoms with E-state index in [1.165, 1.54) is 0 Å². The first-order chi connectivity index (χ1) is 12.6. The molecule has 1 aromatic carbocycles. The zero-order chi connectivity index (χ0) is 18.5. The van der Waals surface area contributed by atoms with Crippen molar-refractivity contribution >= 4 is 22.9 Å². The lowest BCUT2D eigenvalue weighted by atomic mass is 10.1. The van der Waals surface area contributed by atoms with E-state index >= 15 is 0 Å². The van der Waals surface area contributed by atoms with E-state index in [2.05, 4.69) is 34.1 Å². The summed E-state index contributed by atoms with van der Waals surface area (Å²) in [5.41, 5.74) is 3.06. The number of rotatable bonds is 5. The van der Waals surface area contributed by atoms with Crippen LogP contribution in [-0.2, 0) is 6.54 Å². The van der Waals surface area contributed by atoms with Gasteiger partial charge in [-0.25, -0.2) is 4.98 Å². The van der Waals surface area contributed by atoms with Crippen LogP contribution < -0.4 is 4.90 Å². The topological polar surface area (TPSA) is 39.7 Å². The van der Waals surface area contributed by atoms with Crippen LogP contribution >= 0.6 is 11.3 Å². The molecule has 1 saturated heterocycles. The van der Waals surface area contributed by atoms with Gasteiger partial charge in [-0.05, 0) is 44.5 Å². The summed E-state index contributed by atoms with van der Waals surface area (Å²) in [7, 11) is 2.06. The van der Waals surface area contributed by atoms with Crippen molar-refractivity contribution in [2.75, 3.05) is 44.7 Å². The average Bonchev–Trinajstić information content (AvgIpc) is 2.93. The zero-order valence-corrected chi connectivity index (χ0v) is 16.8. The molecular weight excluding hydrogens is 344 g/mol. The number of carbonyl (C=O) groups is 1. The van der Waals surface area contributed by atoms with Crippen LogP contribution in [0.3, 0.4) is 0 Å². The molecule has 140 valence electrons. The Morgan fingerprint density at radius 1 is 1.19 bits per heavy atom. The summed E-state index contributed by atoms with van der Waals surface area (Å²) >= 11 is 1.70. The molecule has 26 heavy (non-hydrogen) atoms. The fraction of sp³-hybridized carbons (Fsp3) is 0.500. The van der Waals surface area contributed by atoms with Crippen molar-refractivity contribution in [3.05, 3.63) is 45.9 Å². The van der Waals surface area contributed by atoms with Gasteiger partial charge in [-0.1, -0.05) is 0 Å². The minimum absolute atomic E-state index is 0.141. The molecule has 0 unspecified atom stereocenters. The van der Waals surface area contributed by atoms with E-state index in [0.29, 0.717) is 0 Å². The monoisotopic (exact) mass is 372 g/mol. The van der Waals surface area contributed by atoms with Crippen LogP contribution in [0.1, 0.15) is 34.4 Å². The Morgan fingerprint density at radius 3 is 2.62 bits per heavy atom. The van der Waals surface area contributed by atoms with Crippen LogP contribution in [-0.4, -0.2) is 60.5 Å². The summed E-state index contributed by atoms with van der Waals surface area (Å²) in [5, 5.41) is 3.25. The predicted octanol–water partition coefficient (Wildman–Crippen LogP) is 3.26. The van der Waals surface area contributed by atoms with E-state index < -0.39 is 0 Å². The second-order valence-corrected chi connectivity index (χ2v) is 7.90. The molecule has 1 aliphatic rings. The van der Waals surface area contributed by atoms with E-state index in [4.69, 9.17) is 0 Å². The number of hydrogen-bond donors (Lipinski definition) is 0. The van der Waals surface area contributed by atoms with Crippen molar-refractivity contribution in [1.82, 2.24) is 14.8 Å². The second kappa shape index (κ2) is 8.64. The van der Waals surface area contributed by atoms with Gasteiger partial charge < -0.3 is 9.80 Å². The average molecular weight is 373 g/mol. The number of amides is 1. The minimum Gasteiger partial charge on any atom is -0.375 e. The summed E-state index contributed by atoms with van der Waals surface area (Å²) in [6.45, 7) is 9.51. The summed E-state index contributed by atoms with van der Waals surface area (Å²) in [5.74, 6) is 0.141. The second-order valence-electron chi connectivity index (χ2n) is 6.84. The maximum absolute atomic E-state index is 12.9. The van der Waals surface area contributed by atoms with E-state index in [1.54, 1.807) is 11.3 Å². The molecule has 5 nitrogen and oxygen atoms in total. The van der Waals surface area contributed by atoms with Crippen molar-refractivity contribution in [3.63, 3.8) is 0 Å². The van der Waals surface area contributed by atoms with Gasteiger partial charge in [0.1, 0.15) is 0 Å². The Hall–Kier alpha value is -1.92. The third-order valence-corrected chi connectivity index (χ3v) is 5.78. The number of thiazole rings is 1. The summed E-state index contributed by atoms with van der Waals surface area (Å²) in [6, 6.07) is 7.96. The molecule has 1 fully saturated rings. The minimum atomic E-state index is 0.141. The lowest BCUT2D eigenvalue weighted by Gasteiger charge is -2.22. The first-order valence-electron chi connectivity index (χ1n) is 9.30.